The molecule has 6 aromatic rings. The number of methoxy groups -OCH3 is 1. The van der Waals surface area contributed by atoms with Crippen LogP contribution in [0.2, 0.25) is 0 Å². The van der Waals surface area contributed by atoms with Crippen molar-refractivity contribution >= 4 is 44.8 Å². The topological polar surface area (TPSA) is 118 Å². The first-order chi connectivity index (χ1) is 31.9. The number of anilines is 1. The lowest BCUT2D eigenvalue weighted by atomic mass is 10.0. The minimum Gasteiger partial charge on any atom is -0.494 e. The lowest BCUT2D eigenvalue weighted by molar-refractivity contribution is -0.137. The quantitative estimate of drug-likeness (QED) is 0.0105. The van der Waals surface area contributed by atoms with E-state index in [4.69, 9.17) is 38.5 Å². The minimum atomic E-state index is -0.532. The highest BCUT2D eigenvalue weighted by molar-refractivity contribution is 7.22. The third kappa shape index (κ3) is 15.5. The highest BCUT2D eigenvalue weighted by Gasteiger charge is 2.15. The van der Waals surface area contributed by atoms with E-state index in [9.17, 15) is 9.59 Å². The molecule has 0 aliphatic carbocycles. The van der Waals surface area contributed by atoms with Crippen molar-refractivity contribution in [1.29, 1.82) is 0 Å². The van der Waals surface area contributed by atoms with Gasteiger partial charge in [0.25, 0.3) is 0 Å². The molecule has 0 bridgehead atoms. The summed E-state index contributed by atoms with van der Waals surface area (Å²) in [7, 11) is 1.64. The normalized spacial score (nSPS) is 10.9. The molecule has 336 valence electrons. The van der Waals surface area contributed by atoms with Crippen molar-refractivity contribution in [1.82, 2.24) is 4.98 Å². The molecule has 0 aliphatic rings. The Hall–Kier alpha value is -6.78. The maximum atomic E-state index is 13.6. The zero-order valence-electron chi connectivity index (χ0n) is 37.0. The van der Waals surface area contributed by atoms with Gasteiger partial charge in [-0.1, -0.05) is 79.5 Å². The molecule has 6 rings (SSSR count). The zero-order valence-corrected chi connectivity index (χ0v) is 37.9. The predicted molar refractivity (Wildman–Crippen MR) is 258 cm³/mol. The number of fused-ring (bicyclic) bond motifs is 1. The number of rotatable bonds is 25. The number of carbonyl (C=O) groups is 2. The number of carbonyl (C=O) groups excluding carboxylic acids is 2. The molecular weight excluding hydrogens is 839 g/mol. The monoisotopic (exact) mass is 893 g/mol. The lowest BCUT2D eigenvalue weighted by Crippen LogP contribution is -2.23. The van der Waals surface area contributed by atoms with Crippen LogP contribution in [0.3, 0.4) is 0 Å². The molecule has 1 aromatic heterocycles. The fourth-order valence-electron chi connectivity index (χ4n) is 6.31. The summed E-state index contributed by atoms with van der Waals surface area (Å²) in [5, 5.41) is 7.36. The summed E-state index contributed by atoms with van der Waals surface area (Å²) in [6.07, 6.45) is 8.44. The third-order valence-corrected chi connectivity index (χ3v) is 11.0. The van der Waals surface area contributed by atoms with E-state index in [1.807, 2.05) is 60.7 Å². The zero-order chi connectivity index (χ0) is 45.5. The van der Waals surface area contributed by atoms with Crippen LogP contribution in [-0.2, 0) is 19.0 Å². The number of hydrogen-bond donors (Lipinski definition) is 0. The first kappa shape index (κ1) is 47.7. The Balaban J connectivity index is 1.17. The molecule has 0 fully saturated rings. The number of esters is 2. The second-order valence-corrected chi connectivity index (χ2v) is 15.8. The number of aromatic nitrogens is 1. The fourth-order valence-corrected chi connectivity index (χ4v) is 7.26. The Bertz CT molecular complexity index is 2490. The van der Waals surface area contributed by atoms with Crippen molar-refractivity contribution in [2.45, 2.75) is 45.4 Å². The van der Waals surface area contributed by atoms with Gasteiger partial charge in [0.2, 0.25) is 5.13 Å². The average molecular weight is 894 g/mol. The molecular formula is C53H55N3O8S. The van der Waals surface area contributed by atoms with E-state index >= 15 is 0 Å². The van der Waals surface area contributed by atoms with Crippen molar-refractivity contribution in [2.75, 3.05) is 58.3 Å². The molecule has 0 radical (unpaired) electrons. The van der Waals surface area contributed by atoms with Crippen LogP contribution in [0.5, 0.6) is 17.2 Å². The van der Waals surface area contributed by atoms with E-state index in [1.54, 1.807) is 48.7 Å². The summed E-state index contributed by atoms with van der Waals surface area (Å²) in [6, 6.07) is 36.5. The standard InChI is InChI=1S/C53H55N3O8S/c1-4-6-32-61-46-26-22-43(23-27-46)42-20-17-40(18-21-42)15-16-41-19-30-49(64-52(58)44-24-28-47(29-25-44)62-33-11-7-8-12-34-63-51(57)5-2)45(38-41)39-54-56(31-35-60-37-36-59-3)53-55-48-13-9-10-14-50(48)65-53/h5,9-10,13-14,17-30,38-39H,2,4,6-8,11-12,31-37H2,1,3H3/b54-39+. The Morgan fingerprint density at radius 3 is 2.11 bits per heavy atom. The van der Waals surface area contributed by atoms with Gasteiger partial charge >= 0.3 is 11.9 Å². The molecule has 0 spiro atoms. The first-order valence-electron chi connectivity index (χ1n) is 21.9. The number of ether oxygens (including phenoxy) is 6. The van der Waals surface area contributed by atoms with Crippen LogP contribution >= 0.6 is 11.3 Å². The number of hydrogen-bond acceptors (Lipinski definition) is 12. The first-order valence-corrected chi connectivity index (χ1v) is 22.7. The van der Waals surface area contributed by atoms with E-state index in [-0.39, 0.29) is 0 Å². The maximum Gasteiger partial charge on any atom is 0.343 e. The van der Waals surface area contributed by atoms with Crippen molar-refractivity contribution in [2.24, 2.45) is 5.10 Å². The van der Waals surface area contributed by atoms with Crippen molar-refractivity contribution in [3.05, 3.63) is 150 Å². The Labute approximate surface area is 385 Å². The van der Waals surface area contributed by atoms with Gasteiger partial charge in [-0.2, -0.15) is 5.10 Å². The Morgan fingerprint density at radius 1 is 0.738 bits per heavy atom. The predicted octanol–water partition coefficient (Wildman–Crippen LogP) is 10.9. The number of nitrogens with zero attached hydrogens (tertiary/aromatic N) is 3. The fraction of sp³-hybridized carbons (Fsp3) is 0.283. The largest absolute Gasteiger partial charge is 0.494 e. The summed E-state index contributed by atoms with van der Waals surface area (Å²) >= 11 is 1.53. The highest BCUT2D eigenvalue weighted by atomic mass is 32.1. The van der Waals surface area contributed by atoms with Crippen molar-refractivity contribution in [3.63, 3.8) is 0 Å². The molecule has 0 amide bonds. The van der Waals surface area contributed by atoms with Gasteiger partial charge in [0.15, 0.2) is 0 Å². The summed E-state index contributed by atoms with van der Waals surface area (Å²) in [4.78, 5) is 29.6. The van der Waals surface area contributed by atoms with Crippen LogP contribution in [-0.4, -0.2) is 76.4 Å². The summed E-state index contributed by atoms with van der Waals surface area (Å²) in [5.41, 5.74) is 5.52. The molecule has 65 heavy (non-hydrogen) atoms. The summed E-state index contributed by atoms with van der Waals surface area (Å²) in [6.45, 7) is 8.91. The van der Waals surface area contributed by atoms with E-state index in [0.29, 0.717) is 79.5 Å². The van der Waals surface area contributed by atoms with Crippen LogP contribution in [0.15, 0.2) is 133 Å². The van der Waals surface area contributed by atoms with E-state index in [0.717, 1.165) is 71.2 Å². The molecule has 5 aromatic carbocycles. The molecule has 0 saturated heterocycles. The minimum absolute atomic E-state index is 0.315. The highest BCUT2D eigenvalue weighted by Crippen LogP contribution is 2.30. The van der Waals surface area contributed by atoms with Gasteiger partial charge in [-0.3, -0.25) is 0 Å². The van der Waals surface area contributed by atoms with Gasteiger partial charge in [-0.05, 0) is 122 Å². The van der Waals surface area contributed by atoms with Crippen LogP contribution < -0.4 is 19.2 Å². The second-order valence-electron chi connectivity index (χ2n) is 14.8. The van der Waals surface area contributed by atoms with E-state index in [1.165, 1.54) is 17.4 Å². The van der Waals surface area contributed by atoms with Gasteiger partial charge in [-0.25, -0.2) is 19.6 Å². The molecule has 0 atom stereocenters. The van der Waals surface area contributed by atoms with Crippen LogP contribution in [0.25, 0.3) is 21.3 Å². The number of thiazole rings is 1. The molecule has 12 heteroatoms. The Kier molecular flexibility index (Phi) is 19.2. The van der Waals surface area contributed by atoms with Gasteiger partial charge < -0.3 is 28.4 Å². The molecule has 11 nitrogen and oxygen atoms in total. The van der Waals surface area contributed by atoms with Crippen LogP contribution in [0.4, 0.5) is 5.13 Å². The van der Waals surface area contributed by atoms with Crippen LogP contribution in [0, 0.1) is 11.8 Å². The van der Waals surface area contributed by atoms with E-state index in [2.05, 4.69) is 49.6 Å². The summed E-state index contributed by atoms with van der Waals surface area (Å²) < 4.78 is 34.7. The van der Waals surface area contributed by atoms with Gasteiger partial charge in [0.05, 0.1) is 68.2 Å². The Morgan fingerprint density at radius 2 is 1.40 bits per heavy atom. The van der Waals surface area contributed by atoms with Crippen molar-refractivity contribution < 1.29 is 38.0 Å². The molecule has 0 aliphatic heterocycles. The summed E-state index contributed by atoms with van der Waals surface area (Å²) in [5.74, 6) is 7.46. The smallest absolute Gasteiger partial charge is 0.343 e. The lowest BCUT2D eigenvalue weighted by Gasteiger charge is -2.16. The average Bonchev–Trinajstić information content (AvgIpc) is 3.78. The van der Waals surface area contributed by atoms with Gasteiger partial charge in [0, 0.05) is 29.9 Å². The molecule has 1 heterocycles. The number of unbranched alkanes of at least 4 members (excludes halogenated alkanes) is 4. The second kappa shape index (κ2) is 26.1. The number of hydrazone groups is 1. The van der Waals surface area contributed by atoms with Gasteiger partial charge in [-0.15, -0.1) is 0 Å². The SMILES string of the molecule is C=CC(=O)OCCCCCCOc1ccc(C(=O)Oc2ccc(C#Cc3ccc(-c4ccc(OCCCC)cc4)cc3)cc2/C=N/N(CCOCCOC)c2nc3ccccc3s2)cc1. The molecule has 0 unspecified atom stereocenters. The number of benzene rings is 5. The molecule has 0 saturated carbocycles. The van der Waals surface area contributed by atoms with Gasteiger partial charge in [0.1, 0.15) is 17.2 Å². The number of para-hydroxylation sites is 1. The van der Waals surface area contributed by atoms with Crippen LogP contribution in [0.1, 0.15) is 72.5 Å². The molecule has 0 N–H and O–H groups in total. The van der Waals surface area contributed by atoms with E-state index < -0.39 is 11.9 Å². The maximum absolute atomic E-state index is 13.6. The van der Waals surface area contributed by atoms with Crippen molar-refractivity contribution in [3.8, 4) is 40.2 Å². The third-order valence-electron chi connectivity index (χ3n) is 9.93.